The first-order chi connectivity index (χ1) is 8.24. The van der Waals surface area contributed by atoms with Crippen LogP contribution in [0.5, 0.6) is 0 Å². The molecule has 1 fully saturated rings. The van der Waals surface area contributed by atoms with Gasteiger partial charge in [-0.15, -0.1) is 0 Å². The van der Waals surface area contributed by atoms with E-state index in [1.54, 1.807) is 6.20 Å². The Labute approximate surface area is 103 Å². The second-order valence-corrected chi connectivity index (χ2v) is 4.39. The molecule has 2 aliphatic heterocycles. The van der Waals surface area contributed by atoms with Crippen LogP contribution < -0.4 is 10.2 Å². The fraction of sp³-hybridized carbons (Fsp3) is 0.500. The van der Waals surface area contributed by atoms with Gasteiger partial charge >= 0.3 is 0 Å². The summed E-state index contributed by atoms with van der Waals surface area (Å²) in [6, 6.07) is 0.0240. The minimum Gasteiger partial charge on any atom is -0.377 e. The molecule has 3 heterocycles. The van der Waals surface area contributed by atoms with Crippen LogP contribution in [0.4, 0.5) is 11.5 Å². The van der Waals surface area contributed by atoms with Gasteiger partial charge in [0.15, 0.2) is 5.82 Å². The van der Waals surface area contributed by atoms with Gasteiger partial charge in [-0.1, -0.05) is 0 Å². The van der Waals surface area contributed by atoms with Crippen molar-refractivity contribution in [2.45, 2.75) is 12.5 Å². The van der Waals surface area contributed by atoms with Crippen molar-refractivity contribution in [3.8, 4) is 0 Å². The topological polar surface area (TPSA) is 67.3 Å². The van der Waals surface area contributed by atoms with Crippen molar-refractivity contribution in [1.82, 2.24) is 9.97 Å². The average molecular weight is 255 g/mol. The molecule has 0 aromatic carbocycles. The highest BCUT2D eigenvalue weighted by Crippen LogP contribution is 2.30. The lowest BCUT2D eigenvalue weighted by Crippen LogP contribution is -2.46. The molecule has 0 spiro atoms. The molecule has 1 amide bonds. The lowest BCUT2D eigenvalue weighted by molar-refractivity contribution is -0.116. The summed E-state index contributed by atoms with van der Waals surface area (Å²) in [4.78, 5) is 21.9. The molecule has 0 radical (unpaired) electrons. The number of fused-ring (bicyclic) bond motifs is 3. The predicted octanol–water partition coefficient (Wildman–Crippen LogP) is 0.677. The lowest BCUT2D eigenvalue weighted by Gasteiger charge is -2.34. The first-order valence-electron chi connectivity index (χ1n) is 5.41. The van der Waals surface area contributed by atoms with Gasteiger partial charge in [0.05, 0.1) is 25.5 Å². The molecule has 1 N–H and O–H groups in total. The molecular formula is C10H11ClN4O2. The Bertz CT molecular complexity index is 468. The van der Waals surface area contributed by atoms with Crippen LogP contribution in [0.2, 0.25) is 5.28 Å². The van der Waals surface area contributed by atoms with Gasteiger partial charge in [0.1, 0.15) is 5.69 Å². The number of aromatic nitrogens is 2. The van der Waals surface area contributed by atoms with E-state index in [0.29, 0.717) is 37.7 Å². The van der Waals surface area contributed by atoms with Gasteiger partial charge in [0.25, 0.3) is 0 Å². The Morgan fingerprint density at radius 1 is 1.59 bits per heavy atom. The fourth-order valence-electron chi connectivity index (χ4n) is 2.18. The van der Waals surface area contributed by atoms with Crippen LogP contribution in [-0.2, 0) is 9.53 Å². The van der Waals surface area contributed by atoms with E-state index in [0.717, 1.165) is 0 Å². The molecule has 0 saturated carbocycles. The number of rotatable bonds is 0. The van der Waals surface area contributed by atoms with E-state index >= 15 is 0 Å². The van der Waals surface area contributed by atoms with Crippen molar-refractivity contribution in [2.75, 3.05) is 30.0 Å². The number of ether oxygens (including phenoxy) is 1. The van der Waals surface area contributed by atoms with E-state index in [4.69, 9.17) is 16.3 Å². The van der Waals surface area contributed by atoms with Crippen LogP contribution in [0.3, 0.4) is 0 Å². The summed E-state index contributed by atoms with van der Waals surface area (Å²) in [5.41, 5.74) is 0.615. The molecule has 7 heteroatoms. The molecule has 3 rings (SSSR count). The molecule has 6 nitrogen and oxygen atoms in total. The average Bonchev–Trinajstić information content (AvgIpc) is 2.45. The Kier molecular flexibility index (Phi) is 2.60. The number of morpholine rings is 1. The maximum atomic E-state index is 11.7. The highest BCUT2D eigenvalue weighted by atomic mass is 35.5. The summed E-state index contributed by atoms with van der Waals surface area (Å²) in [6.07, 6.45) is 1.94. The number of carbonyl (C=O) groups excluding carboxylic acids is 1. The standard InChI is InChI=1S/C10H11ClN4O2/c11-10-12-4-7-9(14-10)15-1-2-17-5-6(15)3-8(16)13-7/h4,6H,1-3,5H2,(H,13,16). The van der Waals surface area contributed by atoms with E-state index in [-0.39, 0.29) is 17.2 Å². The Hall–Kier alpha value is -1.40. The van der Waals surface area contributed by atoms with Gasteiger partial charge in [-0.3, -0.25) is 4.79 Å². The second kappa shape index (κ2) is 4.12. The number of carbonyl (C=O) groups is 1. The summed E-state index contributed by atoms with van der Waals surface area (Å²) in [7, 11) is 0. The summed E-state index contributed by atoms with van der Waals surface area (Å²) >= 11 is 5.80. The summed E-state index contributed by atoms with van der Waals surface area (Å²) in [6.45, 7) is 1.88. The van der Waals surface area contributed by atoms with Gasteiger partial charge in [-0.25, -0.2) is 4.98 Å². The lowest BCUT2D eigenvalue weighted by atomic mass is 10.1. The summed E-state index contributed by atoms with van der Waals surface area (Å²) in [5, 5.41) is 2.97. The molecule has 1 atom stereocenters. The third kappa shape index (κ3) is 1.94. The van der Waals surface area contributed by atoms with E-state index < -0.39 is 0 Å². The van der Waals surface area contributed by atoms with Crippen molar-refractivity contribution in [2.24, 2.45) is 0 Å². The SMILES string of the molecule is O=C1CC2COCCN2c2nc(Cl)ncc2N1. The van der Waals surface area contributed by atoms with Crippen molar-refractivity contribution in [3.05, 3.63) is 11.5 Å². The smallest absolute Gasteiger partial charge is 0.226 e. The maximum Gasteiger partial charge on any atom is 0.226 e. The largest absolute Gasteiger partial charge is 0.377 e. The molecule has 1 saturated heterocycles. The number of halogens is 1. The highest BCUT2D eigenvalue weighted by Gasteiger charge is 2.31. The third-order valence-electron chi connectivity index (χ3n) is 2.93. The zero-order valence-corrected chi connectivity index (χ0v) is 9.78. The van der Waals surface area contributed by atoms with Crippen molar-refractivity contribution < 1.29 is 9.53 Å². The summed E-state index contributed by atoms with van der Waals surface area (Å²) < 4.78 is 5.39. The van der Waals surface area contributed by atoms with Gasteiger partial charge in [0, 0.05) is 13.0 Å². The molecule has 90 valence electrons. The first kappa shape index (κ1) is 10.7. The molecule has 0 bridgehead atoms. The van der Waals surface area contributed by atoms with Crippen LogP contribution >= 0.6 is 11.6 Å². The van der Waals surface area contributed by atoms with Crippen molar-refractivity contribution in [1.29, 1.82) is 0 Å². The van der Waals surface area contributed by atoms with E-state index in [1.807, 2.05) is 0 Å². The van der Waals surface area contributed by atoms with Gasteiger partial charge in [0.2, 0.25) is 11.2 Å². The number of anilines is 2. The summed E-state index contributed by atoms with van der Waals surface area (Å²) in [5.74, 6) is 0.638. The maximum absolute atomic E-state index is 11.7. The molecule has 0 aliphatic carbocycles. The highest BCUT2D eigenvalue weighted by molar-refractivity contribution is 6.28. The number of amides is 1. The normalized spacial score (nSPS) is 23.5. The molecule has 17 heavy (non-hydrogen) atoms. The number of nitrogens with zero attached hydrogens (tertiary/aromatic N) is 3. The zero-order valence-electron chi connectivity index (χ0n) is 9.02. The number of nitrogens with one attached hydrogen (secondary N) is 1. The first-order valence-corrected chi connectivity index (χ1v) is 5.78. The minimum absolute atomic E-state index is 0.0240. The molecule has 1 aromatic heterocycles. The van der Waals surface area contributed by atoms with Gasteiger partial charge in [-0.2, -0.15) is 4.98 Å². The monoisotopic (exact) mass is 254 g/mol. The van der Waals surface area contributed by atoms with Crippen molar-refractivity contribution >= 4 is 29.0 Å². The molecular weight excluding hydrogens is 244 g/mol. The number of hydrogen-bond acceptors (Lipinski definition) is 5. The van der Waals surface area contributed by atoms with Crippen LogP contribution in [0.15, 0.2) is 6.20 Å². The van der Waals surface area contributed by atoms with Crippen molar-refractivity contribution in [3.63, 3.8) is 0 Å². The number of hydrogen-bond donors (Lipinski definition) is 1. The second-order valence-electron chi connectivity index (χ2n) is 4.05. The van der Waals surface area contributed by atoms with E-state index in [1.165, 1.54) is 0 Å². The quantitative estimate of drug-likeness (QED) is 0.690. The molecule has 2 aliphatic rings. The predicted molar refractivity (Wildman–Crippen MR) is 62.2 cm³/mol. The fourth-order valence-corrected chi connectivity index (χ4v) is 2.31. The zero-order chi connectivity index (χ0) is 11.8. The van der Waals surface area contributed by atoms with Crippen LogP contribution in [0.1, 0.15) is 6.42 Å². The third-order valence-corrected chi connectivity index (χ3v) is 3.12. The van der Waals surface area contributed by atoms with Crippen LogP contribution in [-0.4, -0.2) is 41.7 Å². The Morgan fingerprint density at radius 2 is 2.47 bits per heavy atom. The van der Waals surface area contributed by atoms with Gasteiger partial charge in [-0.05, 0) is 11.6 Å². The Balaban J connectivity index is 2.07. The van der Waals surface area contributed by atoms with Gasteiger partial charge < -0.3 is 15.0 Å². The van der Waals surface area contributed by atoms with E-state index in [9.17, 15) is 4.79 Å². The molecule has 1 unspecified atom stereocenters. The van der Waals surface area contributed by atoms with Crippen LogP contribution in [0.25, 0.3) is 0 Å². The molecule has 1 aromatic rings. The van der Waals surface area contributed by atoms with E-state index in [2.05, 4.69) is 20.2 Å². The van der Waals surface area contributed by atoms with Crippen LogP contribution in [0, 0.1) is 0 Å². The minimum atomic E-state index is -0.0461. The Morgan fingerprint density at radius 3 is 3.35 bits per heavy atom.